The van der Waals surface area contributed by atoms with Gasteiger partial charge in [0, 0.05) is 18.6 Å². The largest absolute Gasteiger partial charge is 3.00 e. The quantitative estimate of drug-likeness (QED) is 0.135. The van der Waals surface area contributed by atoms with Gasteiger partial charge in [-0.15, -0.1) is 102 Å². The monoisotopic (exact) mass is 1060 g/mol. The van der Waals surface area contributed by atoms with E-state index in [4.69, 9.17) is 4.98 Å². The van der Waals surface area contributed by atoms with Gasteiger partial charge in [0.15, 0.2) is 0 Å². The summed E-state index contributed by atoms with van der Waals surface area (Å²) in [5, 5.41) is 0. The van der Waals surface area contributed by atoms with Gasteiger partial charge in [-0.1, -0.05) is 157 Å². The molecule has 0 aliphatic carbocycles. The minimum Gasteiger partial charge on any atom is -0.305 e. The molecular formula is C65H46IrN3. The van der Waals surface area contributed by atoms with Crippen LogP contribution in [0.4, 0.5) is 0 Å². The fraction of sp³-hybridized carbons (Fsp3) is 0.0308. The van der Waals surface area contributed by atoms with Crippen LogP contribution in [0.2, 0.25) is 0 Å². The summed E-state index contributed by atoms with van der Waals surface area (Å²) in [6, 6.07) is 87.5. The van der Waals surface area contributed by atoms with Gasteiger partial charge < -0.3 is 15.0 Å². The van der Waals surface area contributed by atoms with Crippen LogP contribution in [0.15, 0.2) is 243 Å². The Labute approximate surface area is 419 Å². The molecule has 3 aromatic heterocycles. The predicted molar refractivity (Wildman–Crippen MR) is 281 cm³/mol. The number of pyridine rings is 3. The SMILES string of the molecule is Cc1cc(-c2ccccc2)cc(C)c1-c1ccnc(-c2[c-]cccc2)c1.[Ir+3].[c-]1cc(-c2ccccc2-c2ccccc2-c2ccccc2-c2ccc(-c3[c-]cccc3)nc2)ccc1-c1ccccn1. The molecule has 3 nitrogen and oxygen atoms in total. The topological polar surface area (TPSA) is 38.7 Å². The van der Waals surface area contributed by atoms with Crippen molar-refractivity contribution in [2.45, 2.75) is 13.8 Å². The van der Waals surface area contributed by atoms with Crippen LogP contribution in [0.5, 0.6) is 0 Å². The third-order valence-electron chi connectivity index (χ3n) is 12.2. The average molecular weight is 1060 g/mol. The van der Waals surface area contributed by atoms with Crippen LogP contribution in [0.1, 0.15) is 11.1 Å². The van der Waals surface area contributed by atoms with E-state index in [2.05, 4.69) is 200 Å². The summed E-state index contributed by atoms with van der Waals surface area (Å²) < 4.78 is 0. The van der Waals surface area contributed by atoms with Gasteiger partial charge in [0.1, 0.15) is 0 Å². The van der Waals surface area contributed by atoms with Crippen LogP contribution in [-0.4, -0.2) is 15.0 Å². The van der Waals surface area contributed by atoms with Gasteiger partial charge in [-0.3, -0.25) is 0 Å². The zero-order chi connectivity index (χ0) is 46.1. The van der Waals surface area contributed by atoms with E-state index in [0.717, 1.165) is 56.0 Å². The number of aromatic nitrogens is 3. The molecular weight excluding hydrogens is 1010 g/mol. The minimum atomic E-state index is 0. The second-order valence-electron chi connectivity index (χ2n) is 16.6. The molecule has 0 amide bonds. The molecule has 0 N–H and O–H groups in total. The van der Waals surface area contributed by atoms with Gasteiger partial charge >= 0.3 is 20.1 Å². The molecule has 0 saturated carbocycles. The molecule has 0 radical (unpaired) electrons. The molecule has 0 aliphatic heterocycles. The van der Waals surface area contributed by atoms with E-state index in [1.807, 2.05) is 85.3 Å². The van der Waals surface area contributed by atoms with E-state index in [0.29, 0.717) is 0 Å². The first-order valence-corrected chi connectivity index (χ1v) is 22.8. The molecule has 4 heteroatoms. The third kappa shape index (κ3) is 10.4. The van der Waals surface area contributed by atoms with Gasteiger partial charge in [-0.05, 0) is 110 Å². The zero-order valence-electron chi connectivity index (χ0n) is 38.3. The van der Waals surface area contributed by atoms with Crippen LogP contribution < -0.4 is 0 Å². The third-order valence-corrected chi connectivity index (χ3v) is 12.2. The summed E-state index contributed by atoms with van der Waals surface area (Å²) in [5.41, 5.74) is 22.5. The first-order chi connectivity index (χ1) is 33.6. The summed E-state index contributed by atoms with van der Waals surface area (Å²) in [7, 11) is 0. The first-order valence-electron chi connectivity index (χ1n) is 22.8. The number of hydrogen-bond donors (Lipinski definition) is 0. The van der Waals surface area contributed by atoms with E-state index < -0.39 is 0 Å². The molecule has 8 aromatic carbocycles. The Morgan fingerprint density at radius 3 is 1.38 bits per heavy atom. The molecule has 0 fully saturated rings. The van der Waals surface area contributed by atoms with E-state index in [1.165, 1.54) is 55.6 Å². The van der Waals surface area contributed by atoms with Crippen molar-refractivity contribution >= 4 is 0 Å². The predicted octanol–water partition coefficient (Wildman–Crippen LogP) is 16.6. The maximum atomic E-state index is 4.78. The Kier molecular flexibility index (Phi) is 14.4. The maximum absolute atomic E-state index is 4.78. The van der Waals surface area contributed by atoms with Crippen molar-refractivity contribution in [3.8, 4) is 101 Å². The zero-order valence-corrected chi connectivity index (χ0v) is 40.7. The Balaban J connectivity index is 0.000000189. The fourth-order valence-corrected chi connectivity index (χ4v) is 8.93. The van der Waals surface area contributed by atoms with Gasteiger partial charge in [-0.25, -0.2) is 0 Å². The van der Waals surface area contributed by atoms with E-state index in [9.17, 15) is 0 Å². The molecule has 0 unspecified atom stereocenters. The van der Waals surface area contributed by atoms with Crippen LogP contribution in [0, 0.1) is 32.0 Å². The fourth-order valence-electron chi connectivity index (χ4n) is 8.93. The second-order valence-corrected chi connectivity index (χ2v) is 16.6. The maximum Gasteiger partial charge on any atom is 3.00 e. The molecule has 11 rings (SSSR count). The molecule has 0 bridgehead atoms. The van der Waals surface area contributed by atoms with E-state index >= 15 is 0 Å². The smallest absolute Gasteiger partial charge is 0.305 e. The Hall–Kier alpha value is -8.14. The van der Waals surface area contributed by atoms with Crippen molar-refractivity contribution in [3.05, 3.63) is 272 Å². The van der Waals surface area contributed by atoms with Crippen LogP contribution >= 0.6 is 0 Å². The van der Waals surface area contributed by atoms with Crippen LogP contribution in [0.25, 0.3) is 101 Å². The summed E-state index contributed by atoms with van der Waals surface area (Å²) in [5.74, 6) is 0. The Morgan fingerprint density at radius 2 is 0.826 bits per heavy atom. The minimum absolute atomic E-state index is 0. The number of nitrogens with zero attached hydrogens (tertiary/aromatic N) is 3. The van der Waals surface area contributed by atoms with Crippen LogP contribution in [-0.2, 0) is 20.1 Å². The molecule has 330 valence electrons. The van der Waals surface area contributed by atoms with Gasteiger partial charge in [0.05, 0.1) is 0 Å². The molecule has 0 spiro atoms. The molecule has 11 aromatic rings. The van der Waals surface area contributed by atoms with Crippen LogP contribution in [0.3, 0.4) is 0 Å². The van der Waals surface area contributed by atoms with Crippen molar-refractivity contribution in [3.63, 3.8) is 0 Å². The van der Waals surface area contributed by atoms with Gasteiger partial charge in [0.25, 0.3) is 0 Å². The Bertz CT molecular complexity index is 3260. The molecule has 0 saturated heterocycles. The van der Waals surface area contributed by atoms with Crippen molar-refractivity contribution in [2.75, 3.05) is 0 Å². The normalized spacial score (nSPS) is 10.6. The molecule has 0 aliphatic rings. The molecule has 3 heterocycles. The molecule has 69 heavy (non-hydrogen) atoms. The summed E-state index contributed by atoms with van der Waals surface area (Å²) >= 11 is 0. The van der Waals surface area contributed by atoms with Gasteiger partial charge in [-0.2, -0.15) is 0 Å². The number of benzene rings is 8. The first kappa shape index (κ1) is 46.0. The van der Waals surface area contributed by atoms with Crippen molar-refractivity contribution in [1.29, 1.82) is 0 Å². The van der Waals surface area contributed by atoms with Crippen molar-refractivity contribution in [2.24, 2.45) is 0 Å². The average Bonchev–Trinajstić information content (AvgIpc) is 3.42. The summed E-state index contributed by atoms with van der Waals surface area (Å²) in [6.07, 6.45) is 5.66. The van der Waals surface area contributed by atoms with E-state index in [1.54, 1.807) is 0 Å². The molecule has 0 atom stereocenters. The second kappa shape index (κ2) is 21.7. The van der Waals surface area contributed by atoms with Gasteiger partial charge in [0.2, 0.25) is 0 Å². The number of hydrogen-bond acceptors (Lipinski definition) is 3. The standard InChI is InChI=1S/C40H26N2.C25H20N.Ir/c1-2-12-30(13-3-1)40-26-25-32(28-42-40)34-15-5-7-17-36(34)38-19-9-8-18-37(38)35-16-6-4-14-33(35)29-21-23-31(24-22-29)39-20-10-11-27-41-39;1-18-15-23(20-9-5-3-6-10-20)16-19(2)25(18)22-13-14-26-24(17-22)21-11-7-4-8-12-21;/h1-12,14-23,25-28H;3-11,13-17H,1-2H3;/q-2;-1;+3. The van der Waals surface area contributed by atoms with Crippen molar-refractivity contribution in [1.82, 2.24) is 15.0 Å². The summed E-state index contributed by atoms with van der Waals surface area (Å²) in [4.78, 5) is 13.8. The number of aryl methyl sites for hydroxylation is 2. The van der Waals surface area contributed by atoms with E-state index in [-0.39, 0.29) is 20.1 Å². The Morgan fingerprint density at radius 1 is 0.319 bits per heavy atom. The van der Waals surface area contributed by atoms with Crippen molar-refractivity contribution < 1.29 is 20.1 Å². The number of rotatable bonds is 9. The summed E-state index contributed by atoms with van der Waals surface area (Å²) in [6.45, 7) is 4.37.